The maximum Gasteiger partial charge on any atom is 0.213 e. The molecule has 5 nitrogen and oxygen atoms in total. The molecule has 0 saturated heterocycles. The second-order valence-electron chi connectivity index (χ2n) is 4.75. The fourth-order valence-electron chi connectivity index (χ4n) is 2.31. The summed E-state index contributed by atoms with van der Waals surface area (Å²) >= 11 is 0. The zero-order valence-corrected chi connectivity index (χ0v) is 11.7. The number of nitrogens with zero attached hydrogens (tertiary/aromatic N) is 1. The van der Waals surface area contributed by atoms with Crippen molar-refractivity contribution < 1.29 is 13.5 Å². The summed E-state index contributed by atoms with van der Waals surface area (Å²) in [7, 11) is -1.57. The highest BCUT2D eigenvalue weighted by Gasteiger charge is 2.10. The highest BCUT2D eigenvalue weighted by Crippen LogP contribution is 2.23. The van der Waals surface area contributed by atoms with Gasteiger partial charge in [0, 0.05) is 30.8 Å². The Labute approximate surface area is 112 Å². The predicted molar refractivity (Wildman–Crippen MR) is 75.1 cm³/mol. The van der Waals surface area contributed by atoms with Crippen molar-refractivity contribution >= 4 is 20.9 Å². The van der Waals surface area contributed by atoms with Gasteiger partial charge < -0.3 is 9.67 Å². The zero-order chi connectivity index (χ0) is 14.0. The Balaban J connectivity index is 2.44. The van der Waals surface area contributed by atoms with E-state index in [1.807, 2.05) is 29.9 Å². The minimum Gasteiger partial charge on any atom is -0.396 e. The van der Waals surface area contributed by atoms with Crippen molar-refractivity contribution in [3.63, 3.8) is 0 Å². The molecular formula is C13H18N2O3S. The summed E-state index contributed by atoms with van der Waals surface area (Å²) in [6.07, 6.45) is 3.48. The average molecular weight is 282 g/mol. The van der Waals surface area contributed by atoms with Crippen LogP contribution in [0.5, 0.6) is 0 Å². The lowest BCUT2D eigenvalue weighted by Gasteiger charge is -2.02. The molecule has 0 amide bonds. The Kier molecular flexibility index (Phi) is 3.93. The molecule has 19 heavy (non-hydrogen) atoms. The molecule has 1 aromatic carbocycles. The van der Waals surface area contributed by atoms with Crippen molar-refractivity contribution in [2.45, 2.75) is 18.6 Å². The maximum atomic E-state index is 11.1. The molecule has 6 heteroatoms. The van der Waals surface area contributed by atoms with E-state index >= 15 is 0 Å². The van der Waals surface area contributed by atoms with Crippen LogP contribution in [-0.2, 0) is 29.2 Å². The van der Waals surface area contributed by atoms with E-state index in [1.54, 1.807) is 6.07 Å². The molecule has 0 fully saturated rings. The van der Waals surface area contributed by atoms with Crippen LogP contribution >= 0.6 is 0 Å². The third-order valence-corrected chi connectivity index (χ3v) is 3.84. The second-order valence-corrected chi connectivity index (χ2v) is 6.37. The predicted octanol–water partition coefficient (Wildman–Crippen LogP) is 0.892. The van der Waals surface area contributed by atoms with Crippen molar-refractivity contribution in [3.05, 3.63) is 35.5 Å². The van der Waals surface area contributed by atoms with Gasteiger partial charge in [-0.2, -0.15) is 0 Å². The highest BCUT2D eigenvalue weighted by molar-refractivity contribution is 7.88. The van der Waals surface area contributed by atoms with Crippen LogP contribution in [0.1, 0.15) is 17.5 Å². The van der Waals surface area contributed by atoms with E-state index in [2.05, 4.69) is 0 Å². The topological polar surface area (TPSA) is 85.3 Å². The SMILES string of the molecule is Cn1cc(CCCO)c2cc(CS(N)(=O)=O)ccc21. The van der Waals surface area contributed by atoms with Gasteiger partial charge in [0.2, 0.25) is 10.0 Å². The molecule has 0 aliphatic rings. The fraction of sp³-hybridized carbons (Fsp3) is 0.385. The van der Waals surface area contributed by atoms with Crippen molar-refractivity contribution in [1.29, 1.82) is 0 Å². The lowest BCUT2D eigenvalue weighted by atomic mass is 10.1. The normalized spacial score (nSPS) is 12.2. The van der Waals surface area contributed by atoms with Crippen LogP contribution in [0.25, 0.3) is 10.9 Å². The summed E-state index contributed by atoms with van der Waals surface area (Å²) in [6, 6.07) is 5.55. The monoisotopic (exact) mass is 282 g/mol. The number of hydrogen-bond acceptors (Lipinski definition) is 3. The number of fused-ring (bicyclic) bond motifs is 1. The van der Waals surface area contributed by atoms with E-state index in [0.29, 0.717) is 12.0 Å². The number of rotatable bonds is 5. The van der Waals surface area contributed by atoms with E-state index in [-0.39, 0.29) is 12.4 Å². The van der Waals surface area contributed by atoms with Gasteiger partial charge in [-0.25, -0.2) is 13.6 Å². The molecule has 0 saturated carbocycles. The third kappa shape index (κ3) is 3.34. The van der Waals surface area contributed by atoms with Gasteiger partial charge in [0.25, 0.3) is 0 Å². The molecule has 0 bridgehead atoms. The van der Waals surface area contributed by atoms with Gasteiger partial charge in [0.05, 0.1) is 5.75 Å². The summed E-state index contributed by atoms with van der Waals surface area (Å²) < 4.78 is 24.3. The minimum atomic E-state index is -3.52. The largest absolute Gasteiger partial charge is 0.396 e. The van der Waals surface area contributed by atoms with E-state index in [0.717, 1.165) is 22.9 Å². The lowest BCUT2D eigenvalue weighted by Crippen LogP contribution is -2.14. The molecule has 2 aromatic rings. The van der Waals surface area contributed by atoms with Crippen LogP contribution in [0, 0.1) is 0 Å². The van der Waals surface area contributed by atoms with Crippen LogP contribution in [0.4, 0.5) is 0 Å². The van der Waals surface area contributed by atoms with Crippen molar-refractivity contribution in [3.8, 4) is 0 Å². The number of aryl methyl sites for hydroxylation is 2. The zero-order valence-electron chi connectivity index (χ0n) is 10.8. The van der Waals surface area contributed by atoms with Crippen molar-refractivity contribution in [2.75, 3.05) is 6.61 Å². The molecule has 3 N–H and O–H groups in total. The van der Waals surface area contributed by atoms with E-state index < -0.39 is 10.0 Å². The van der Waals surface area contributed by atoms with Crippen LogP contribution in [0.2, 0.25) is 0 Å². The quantitative estimate of drug-likeness (QED) is 0.854. The first-order chi connectivity index (χ1) is 8.90. The van der Waals surface area contributed by atoms with Crippen molar-refractivity contribution in [1.82, 2.24) is 4.57 Å². The molecule has 1 heterocycles. The smallest absolute Gasteiger partial charge is 0.213 e. The fourth-order valence-corrected chi connectivity index (χ4v) is 2.96. The number of hydrogen-bond donors (Lipinski definition) is 2. The molecule has 104 valence electrons. The van der Waals surface area contributed by atoms with Gasteiger partial charge >= 0.3 is 0 Å². The summed E-state index contributed by atoms with van der Waals surface area (Å²) in [5, 5.41) is 15.0. The van der Waals surface area contributed by atoms with Crippen molar-refractivity contribution in [2.24, 2.45) is 12.2 Å². The van der Waals surface area contributed by atoms with E-state index in [9.17, 15) is 8.42 Å². The maximum absolute atomic E-state index is 11.1. The number of primary sulfonamides is 1. The Morgan fingerprint density at radius 1 is 1.37 bits per heavy atom. The van der Waals surface area contributed by atoms with Gasteiger partial charge in [-0.05, 0) is 36.1 Å². The van der Waals surface area contributed by atoms with Gasteiger partial charge in [-0.3, -0.25) is 0 Å². The standard InChI is InChI=1S/C13H18N2O3S/c1-15-8-11(3-2-6-16)12-7-10(4-5-13(12)15)9-19(14,17)18/h4-5,7-8,16H,2-3,6,9H2,1H3,(H2,14,17,18). The average Bonchev–Trinajstić information content (AvgIpc) is 2.61. The van der Waals surface area contributed by atoms with E-state index in [4.69, 9.17) is 10.2 Å². The summed E-state index contributed by atoms with van der Waals surface area (Å²) in [5.74, 6) is -0.155. The Bertz CT molecular complexity index is 689. The molecule has 0 aliphatic carbocycles. The number of benzene rings is 1. The second kappa shape index (κ2) is 5.32. The Hall–Kier alpha value is -1.37. The van der Waals surface area contributed by atoms with Crippen LogP contribution in [0.15, 0.2) is 24.4 Å². The number of aliphatic hydroxyl groups excluding tert-OH is 1. The number of nitrogens with two attached hydrogens (primary N) is 1. The molecular weight excluding hydrogens is 264 g/mol. The lowest BCUT2D eigenvalue weighted by molar-refractivity contribution is 0.288. The first-order valence-electron chi connectivity index (χ1n) is 6.09. The van der Waals surface area contributed by atoms with Crippen LogP contribution in [0.3, 0.4) is 0 Å². The molecule has 0 aliphatic heterocycles. The van der Waals surface area contributed by atoms with Gasteiger partial charge in [-0.15, -0.1) is 0 Å². The molecule has 0 unspecified atom stereocenters. The molecule has 2 rings (SSSR count). The molecule has 0 atom stereocenters. The van der Waals surface area contributed by atoms with Gasteiger partial charge in [0.1, 0.15) is 0 Å². The number of sulfonamides is 1. The Morgan fingerprint density at radius 2 is 2.11 bits per heavy atom. The Morgan fingerprint density at radius 3 is 2.74 bits per heavy atom. The first-order valence-corrected chi connectivity index (χ1v) is 7.80. The number of aliphatic hydroxyl groups is 1. The summed E-state index contributed by atoms with van der Waals surface area (Å²) in [4.78, 5) is 0. The van der Waals surface area contributed by atoms with Gasteiger partial charge in [-0.1, -0.05) is 6.07 Å². The minimum absolute atomic E-state index is 0.146. The summed E-state index contributed by atoms with van der Waals surface area (Å²) in [6.45, 7) is 0.146. The molecule has 0 spiro atoms. The highest BCUT2D eigenvalue weighted by atomic mass is 32.2. The third-order valence-electron chi connectivity index (χ3n) is 3.11. The van der Waals surface area contributed by atoms with Crippen LogP contribution < -0.4 is 5.14 Å². The molecule has 0 radical (unpaired) electrons. The number of aromatic nitrogens is 1. The first kappa shape index (κ1) is 14.0. The summed E-state index contributed by atoms with van der Waals surface area (Å²) in [5.41, 5.74) is 2.85. The van der Waals surface area contributed by atoms with Gasteiger partial charge in [0.15, 0.2) is 0 Å². The molecule has 1 aromatic heterocycles. The van der Waals surface area contributed by atoms with Crippen LogP contribution in [-0.4, -0.2) is 24.7 Å². The van der Waals surface area contributed by atoms with E-state index in [1.165, 1.54) is 0 Å².